The van der Waals surface area contributed by atoms with Crippen LogP contribution in [0.25, 0.3) is 0 Å². The van der Waals surface area contributed by atoms with Crippen molar-refractivity contribution in [1.82, 2.24) is 4.90 Å². The van der Waals surface area contributed by atoms with Gasteiger partial charge in [-0.25, -0.2) is 4.79 Å². The highest BCUT2D eigenvalue weighted by molar-refractivity contribution is 5.88. The number of hydrogen-bond donors (Lipinski definition) is 0. The maximum Gasteiger partial charge on any atom is 0.410 e. The van der Waals surface area contributed by atoms with E-state index >= 15 is 0 Å². The van der Waals surface area contributed by atoms with Gasteiger partial charge in [-0.1, -0.05) is 11.6 Å². The van der Waals surface area contributed by atoms with Crippen molar-refractivity contribution in [3.63, 3.8) is 0 Å². The zero-order chi connectivity index (χ0) is 10.8. The first-order chi connectivity index (χ1) is 7.18. The van der Waals surface area contributed by atoms with Crippen LogP contribution in [0.1, 0.15) is 26.2 Å². The molecule has 1 aliphatic carbocycles. The lowest BCUT2D eigenvalue weighted by atomic mass is 10.1. The maximum atomic E-state index is 11.8. The molecule has 1 fully saturated rings. The predicted octanol–water partition coefficient (Wildman–Crippen LogP) is 1.51. The number of allylic oxidation sites excluding steroid dienone is 1. The number of rotatable bonds is 1. The van der Waals surface area contributed by atoms with Crippen molar-refractivity contribution >= 4 is 11.9 Å². The molecule has 4 nitrogen and oxygen atoms in total. The van der Waals surface area contributed by atoms with Gasteiger partial charge in [-0.2, -0.15) is 0 Å². The lowest BCUT2D eigenvalue weighted by molar-refractivity contribution is -0.122. The molecule has 4 heteroatoms. The van der Waals surface area contributed by atoms with E-state index in [0.717, 1.165) is 6.42 Å². The first kappa shape index (κ1) is 10.2. The Hall–Kier alpha value is -1.32. The number of carbonyl (C=O) groups excluding carboxylic acids is 2. The number of ether oxygens (including phenoxy) is 1. The molecule has 2 rings (SSSR count). The van der Waals surface area contributed by atoms with Crippen LogP contribution >= 0.6 is 0 Å². The SMILES string of the molecule is CC1=CCC(N2CCOC2=O)C(=O)CC1. The molecule has 1 aliphatic heterocycles. The number of cyclic esters (lactones) is 1. The van der Waals surface area contributed by atoms with Crippen LogP contribution in [0.3, 0.4) is 0 Å². The molecular formula is C11H15NO3. The van der Waals surface area contributed by atoms with E-state index in [9.17, 15) is 9.59 Å². The molecule has 0 bridgehead atoms. The zero-order valence-corrected chi connectivity index (χ0v) is 8.86. The summed E-state index contributed by atoms with van der Waals surface area (Å²) in [6.07, 6.45) is 3.71. The molecule has 1 atom stereocenters. The molecule has 0 aromatic heterocycles. The molecule has 0 radical (unpaired) electrons. The summed E-state index contributed by atoms with van der Waals surface area (Å²) in [5.74, 6) is 0.155. The third-order valence-electron chi connectivity index (χ3n) is 3.00. The summed E-state index contributed by atoms with van der Waals surface area (Å²) in [6.45, 7) is 2.98. The Morgan fingerprint density at radius 3 is 2.87 bits per heavy atom. The molecule has 0 aromatic carbocycles. The van der Waals surface area contributed by atoms with E-state index < -0.39 is 0 Å². The number of hydrogen-bond acceptors (Lipinski definition) is 3. The van der Waals surface area contributed by atoms with Gasteiger partial charge in [-0.15, -0.1) is 0 Å². The molecule has 0 N–H and O–H groups in total. The van der Waals surface area contributed by atoms with Gasteiger partial charge in [0, 0.05) is 6.42 Å². The highest BCUT2D eigenvalue weighted by atomic mass is 16.6. The van der Waals surface area contributed by atoms with E-state index in [1.54, 1.807) is 4.90 Å². The Bertz CT molecular complexity index is 322. The number of nitrogens with zero attached hydrogens (tertiary/aromatic N) is 1. The van der Waals surface area contributed by atoms with Gasteiger partial charge >= 0.3 is 6.09 Å². The van der Waals surface area contributed by atoms with Crippen LogP contribution in [0.2, 0.25) is 0 Å². The van der Waals surface area contributed by atoms with Gasteiger partial charge in [0.1, 0.15) is 6.61 Å². The molecule has 0 spiro atoms. The highest BCUT2D eigenvalue weighted by Crippen LogP contribution is 2.21. The van der Waals surface area contributed by atoms with E-state index in [4.69, 9.17) is 4.74 Å². The molecule has 15 heavy (non-hydrogen) atoms. The van der Waals surface area contributed by atoms with Gasteiger partial charge in [0.15, 0.2) is 5.78 Å². The summed E-state index contributed by atoms with van der Waals surface area (Å²) >= 11 is 0. The molecule has 2 aliphatic rings. The predicted molar refractivity (Wildman–Crippen MR) is 54.5 cm³/mol. The van der Waals surface area contributed by atoms with Crippen LogP contribution < -0.4 is 0 Å². The molecule has 1 amide bonds. The standard InChI is InChI=1S/C11H15NO3/c1-8-2-4-9(10(13)5-3-8)12-6-7-15-11(12)14/h2,9H,3-7H2,1H3. The van der Waals surface area contributed by atoms with Crippen molar-refractivity contribution < 1.29 is 14.3 Å². The van der Waals surface area contributed by atoms with E-state index in [1.807, 2.05) is 6.92 Å². The topological polar surface area (TPSA) is 46.6 Å². The second-order valence-corrected chi connectivity index (χ2v) is 4.08. The Labute approximate surface area is 88.9 Å². The summed E-state index contributed by atoms with van der Waals surface area (Å²) < 4.78 is 4.85. The third-order valence-corrected chi connectivity index (χ3v) is 3.00. The summed E-state index contributed by atoms with van der Waals surface area (Å²) in [7, 11) is 0. The van der Waals surface area contributed by atoms with E-state index in [-0.39, 0.29) is 17.9 Å². The van der Waals surface area contributed by atoms with E-state index in [0.29, 0.717) is 26.0 Å². The van der Waals surface area contributed by atoms with Gasteiger partial charge in [0.25, 0.3) is 0 Å². The van der Waals surface area contributed by atoms with Crippen LogP contribution in [0.5, 0.6) is 0 Å². The molecule has 1 saturated heterocycles. The molecule has 0 saturated carbocycles. The molecule has 82 valence electrons. The number of amides is 1. The van der Waals surface area contributed by atoms with Crippen molar-refractivity contribution in [3.05, 3.63) is 11.6 Å². The monoisotopic (exact) mass is 209 g/mol. The Morgan fingerprint density at radius 2 is 2.20 bits per heavy atom. The highest BCUT2D eigenvalue weighted by Gasteiger charge is 2.33. The fourth-order valence-corrected chi connectivity index (χ4v) is 2.02. The molecule has 1 heterocycles. The smallest absolute Gasteiger partial charge is 0.410 e. The molecule has 1 unspecified atom stereocenters. The quantitative estimate of drug-likeness (QED) is 0.615. The van der Waals surface area contributed by atoms with Crippen molar-refractivity contribution in [1.29, 1.82) is 0 Å². The minimum Gasteiger partial charge on any atom is -0.448 e. The maximum absolute atomic E-state index is 11.8. The average molecular weight is 209 g/mol. The van der Waals surface area contributed by atoms with Crippen LogP contribution in [-0.2, 0) is 9.53 Å². The fraction of sp³-hybridized carbons (Fsp3) is 0.636. The third kappa shape index (κ3) is 2.03. The van der Waals surface area contributed by atoms with Crippen LogP contribution in [0.15, 0.2) is 11.6 Å². The zero-order valence-electron chi connectivity index (χ0n) is 8.86. The Balaban J connectivity index is 2.12. The summed E-state index contributed by atoms with van der Waals surface area (Å²) in [6, 6.07) is -0.294. The number of ketones is 1. The lowest BCUT2D eigenvalue weighted by Crippen LogP contribution is -2.41. The fourth-order valence-electron chi connectivity index (χ4n) is 2.02. The summed E-state index contributed by atoms with van der Waals surface area (Å²) in [5.41, 5.74) is 1.23. The summed E-state index contributed by atoms with van der Waals surface area (Å²) in [4.78, 5) is 24.7. The molecular weight excluding hydrogens is 194 g/mol. The van der Waals surface area contributed by atoms with Gasteiger partial charge in [0.2, 0.25) is 0 Å². The van der Waals surface area contributed by atoms with Crippen LogP contribution in [0.4, 0.5) is 4.79 Å². The van der Waals surface area contributed by atoms with Crippen molar-refractivity contribution in [2.24, 2.45) is 0 Å². The Kier molecular flexibility index (Phi) is 2.75. The molecule has 0 aromatic rings. The van der Waals surface area contributed by atoms with Gasteiger partial charge < -0.3 is 4.74 Å². The first-order valence-corrected chi connectivity index (χ1v) is 5.30. The van der Waals surface area contributed by atoms with Crippen LogP contribution in [0, 0.1) is 0 Å². The van der Waals surface area contributed by atoms with Gasteiger partial charge in [-0.05, 0) is 19.8 Å². The normalized spacial score (nSPS) is 27.4. The summed E-state index contributed by atoms with van der Waals surface area (Å²) in [5, 5.41) is 0. The van der Waals surface area contributed by atoms with Gasteiger partial charge in [0.05, 0.1) is 12.6 Å². The minimum absolute atomic E-state index is 0.155. The number of carbonyl (C=O) groups is 2. The number of Topliss-reactive ketones (excluding diaryl/α,β-unsaturated/α-hetero) is 1. The first-order valence-electron chi connectivity index (χ1n) is 5.30. The largest absolute Gasteiger partial charge is 0.448 e. The van der Waals surface area contributed by atoms with Crippen molar-refractivity contribution in [2.75, 3.05) is 13.2 Å². The lowest BCUT2D eigenvalue weighted by Gasteiger charge is -2.22. The van der Waals surface area contributed by atoms with E-state index in [2.05, 4.69) is 6.08 Å². The van der Waals surface area contributed by atoms with E-state index in [1.165, 1.54) is 5.57 Å². The van der Waals surface area contributed by atoms with Crippen LogP contribution in [-0.4, -0.2) is 36.0 Å². The second-order valence-electron chi connectivity index (χ2n) is 4.08. The minimum atomic E-state index is -0.346. The average Bonchev–Trinajstić information content (AvgIpc) is 2.55. The van der Waals surface area contributed by atoms with Crippen molar-refractivity contribution in [2.45, 2.75) is 32.2 Å². The second kappa shape index (κ2) is 4.04. The Morgan fingerprint density at radius 1 is 1.40 bits per heavy atom. The van der Waals surface area contributed by atoms with Crippen molar-refractivity contribution in [3.8, 4) is 0 Å². The van der Waals surface area contributed by atoms with Gasteiger partial charge in [-0.3, -0.25) is 9.69 Å².